The van der Waals surface area contributed by atoms with Crippen molar-refractivity contribution in [3.63, 3.8) is 0 Å². The number of H-pyrrole nitrogens is 1. The Hall–Kier alpha value is -2.28. The van der Waals surface area contributed by atoms with E-state index in [2.05, 4.69) is 19.9 Å². The van der Waals surface area contributed by atoms with Gasteiger partial charge in [0.25, 0.3) is 0 Å². The molecule has 0 radical (unpaired) electrons. The molecule has 0 atom stereocenters. The maximum absolute atomic E-state index is 5.55. The molecule has 6 nitrogen and oxygen atoms in total. The molecule has 0 unspecified atom stereocenters. The summed E-state index contributed by atoms with van der Waals surface area (Å²) in [4.78, 5) is 16.0. The molecule has 2 heterocycles. The molecule has 0 spiro atoms. The summed E-state index contributed by atoms with van der Waals surface area (Å²) in [6.07, 6.45) is 3.15. The third-order valence-electron chi connectivity index (χ3n) is 2.58. The lowest BCUT2D eigenvalue weighted by atomic mass is 10.3. The molecule has 102 valence electrons. The van der Waals surface area contributed by atoms with Crippen LogP contribution >= 0.6 is 11.8 Å². The number of aromatic nitrogens is 4. The highest BCUT2D eigenvalue weighted by atomic mass is 32.2. The fourth-order valence-electron chi connectivity index (χ4n) is 1.74. The average Bonchev–Trinajstić information content (AvgIpc) is 2.83. The molecule has 1 aromatic carbocycles. The maximum atomic E-state index is 5.55. The van der Waals surface area contributed by atoms with E-state index in [1.54, 1.807) is 12.4 Å². The summed E-state index contributed by atoms with van der Waals surface area (Å²) in [6.45, 7) is 2.59. The van der Waals surface area contributed by atoms with Gasteiger partial charge in [0.15, 0.2) is 10.3 Å². The van der Waals surface area contributed by atoms with Crippen molar-refractivity contribution in [1.82, 2.24) is 19.9 Å². The molecule has 0 bridgehead atoms. The van der Waals surface area contributed by atoms with Crippen molar-refractivity contribution in [1.29, 1.82) is 0 Å². The minimum atomic E-state index is 0.542. The Bertz CT molecular complexity index is 725. The molecular formula is C13H13N5OS. The third kappa shape index (κ3) is 2.67. The van der Waals surface area contributed by atoms with Crippen LogP contribution in [0.15, 0.2) is 40.9 Å². The van der Waals surface area contributed by atoms with Crippen LogP contribution in [-0.4, -0.2) is 26.5 Å². The summed E-state index contributed by atoms with van der Waals surface area (Å²) in [5, 5.41) is 1.33. The number of nitrogen functional groups attached to an aromatic ring is 1. The number of hydrogen-bond acceptors (Lipinski definition) is 6. The van der Waals surface area contributed by atoms with Crippen LogP contribution < -0.4 is 10.5 Å². The zero-order valence-electron chi connectivity index (χ0n) is 10.8. The Morgan fingerprint density at radius 3 is 2.85 bits per heavy atom. The molecule has 3 aromatic rings. The summed E-state index contributed by atoms with van der Waals surface area (Å²) in [6, 6.07) is 5.76. The van der Waals surface area contributed by atoms with Crippen molar-refractivity contribution in [3.8, 4) is 5.75 Å². The van der Waals surface area contributed by atoms with Crippen LogP contribution in [0.25, 0.3) is 11.0 Å². The first-order valence-corrected chi connectivity index (χ1v) is 6.94. The first-order valence-electron chi connectivity index (χ1n) is 6.12. The Morgan fingerprint density at radius 1 is 1.30 bits per heavy atom. The fraction of sp³-hybridized carbons (Fsp3) is 0.154. The van der Waals surface area contributed by atoms with E-state index < -0.39 is 0 Å². The number of imidazole rings is 1. The van der Waals surface area contributed by atoms with E-state index in [-0.39, 0.29) is 0 Å². The van der Waals surface area contributed by atoms with E-state index in [4.69, 9.17) is 10.5 Å². The molecule has 20 heavy (non-hydrogen) atoms. The van der Waals surface area contributed by atoms with E-state index in [0.29, 0.717) is 17.5 Å². The van der Waals surface area contributed by atoms with E-state index in [1.807, 2.05) is 25.1 Å². The van der Waals surface area contributed by atoms with Crippen molar-refractivity contribution in [2.45, 2.75) is 17.2 Å². The first-order chi connectivity index (χ1) is 9.74. The molecule has 2 aromatic heterocycles. The second-order valence-electron chi connectivity index (χ2n) is 4.05. The van der Waals surface area contributed by atoms with E-state index in [9.17, 15) is 0 Å². The van der Waals surface area contributed by atoms with Crippen LogP contribution in [0.4, 0.5) is 5.69 Å². The highest BCUT2D eigenvalue weighted by Crippen LogP contribution is 2.26. The molecular weight excluding hydrogens is 274 g/mol. The second kappa shape index (κ2) is 5.38. The monoisotopic (exact) mass is 287 g/mol. The quantitative estimate of drug-likeness (QED) is 0.716. The van der Waals surface area contributed by atoms with E-state index >= 15 is 0 Å². The van der Waals surface area contributed by atoms with Gasteiger partial charge in [0.05, 0.1) is 35.7 Å². The average molecular weight is 287 g/mol. The number of ether oxygens (including phenoxy) is 1. The van der Waals surface area contributed by atoms with Crippen LogP contribution in [-0.2, 0) is 0 Å². The van der Waals surface area contributed by atoms with Gasteiger partial charge in [0.1, 0.15) is 5.75 Å². The number of aromatic amines is 1. The molecule has 0 aliphatic carbocycles. The molecule has 0 amide bonds. The molecule has 0 aliphatic rings. The number of hydrogen-bond donors (Lipinski definition) is 2. The summed E-state index contributed by atoms with van der Waals surface area (Å²) in [5.41, 5.74) is 7.90. The standard InChI is InChI=1S/C13H13N5OS/c1-2-19-9-3-4-10-11(5-9)18-13(17-10)20-12-15-6-8(14)7-16-12/h3-7H,2,14H2,1H3,(H,17,18). The Labute approximate surface area is 119 Å². The van der Waals surface area contributed by atoms with Gasteiger partial charge >= 0.3 is 0 Å². The summed E-state index contributed by atoms with van der Waals surface area (Å²) in [5.74, 6) is 0.823. The zero-order valence-corrected chi connectivity index (χ0v) is 11.6. The SMILES string of the molecule is CCOc1ccc2nc(Sc3ncc(N)cn3)[nH]c2c1. The van der Waals surface area contributed by atoms with Gasteiger partial charge in [-0.1, -0.05) is 0 Å². The number of fused-ring (bicyclic) bond motifs is 1. The Kier molecular flexibility index (Phi) is 3.42. The molecule has 0 fully saturated rings. The van der Waals surface area contributed by atoms with Crippen LogP contribution in [0.1, 0.15) is 6.92 Å². The number of nitrogens with zero attached hydrogens (tertiary/aromatic N) is 3. The van der Waals surface area contributed by atoms with Crippen LogP contribution in [0, 0.1) is 0 Å². The van der Waals surface area contributed by atoms with Crippen LogP contribution in [0.3, 0.4) is 0 Å². The lowest BCUT2D eigenvalue weighted by Gasteiger charge is -2.00. The zero-order chi connectivity index (χ0) is 13.9. The first kappa shape index (κ1) is 12.7. The maximum Gasteiger partial charge on any atom is 0.195 e. The minimum absolute atomic E-state index is 0.542. The lowest BCUT2D eigenvalue weighted by molar-refractivity contribution is 0.340. The topological polar surface area (TPSA) is 89.7 Å². The minimum Gasteiger partial charge on any atom is -0.494 e. The number of anilines is 1. The highest BCUT2D eigenvalue weighted by molar-refractivity contribution is 7.99. The molecule has 0 aliphatic heterocycles. The highest BCUT2D eigenvalue weighted by Gasteiger charge is 2.07. The van der Waals surface area contributed by atoms with Crippen molar-refractivity contribution >= 4 is 28.5 Å². The Balaban J connectivity index is 1.86. The van der Waals surface area contributed by atoms with Gasteiger partial charge in [0, 0.05) is 6.07 Å². The summed E-state index contributed by atoms with van der Waals surface area (Å²) in [7, 11) is 0. The van der Waals surface area contributed by atoms with Gasteiger partial charge in [-0.05, 0) is 30.8 Å². The number of nitrogens with one attached hydrogen (secondary N) is 1. The van der Waals surface area contributed by atoms with Crippen molar-refractivity contribution in [2.75, 3.05) is 12.3 Å². The summed E-state index contributed by atoms with van der Waals surface area (Å²) < 4.78 is 5.46. The van der Waals surface area contributed by atoms with Crippen molar-refractivity contribution in [2.24, 2.45) is 0 Å². The third-order valence-corrected chi connectivity index (χ3v) is 3.36. The Morgan fingerprint density at radius 2 is 2.10 bits per heavy atom. The van der Waals surface area contributed by atoms with Gasteiger partial charge in [0.2, 0.25) is 0 Å². The van der Waals surface area contributed by atoms with Gasteiger partial charge in [-0.2, -0.15) is 0 Å². The number of rotatable bonds is 4. The van der Waals surface area contributed by atoms with Crippen molar-refractivity contribution < 1.29 is 4.74 Å². The predicted octanol–water partition coefficient (Wildman–Crippen LogP) is 2.48. The van der Waals surface area contributed by atoms with Gasteiger partial charge < -0.3 is 15.5 Å². The predicted molar refractivity (Wildman–Crippen MR) is 77.8 cm³/mol. The summed E-state index contributed by atoms with van der Waals surface area (Å²) >= 11 is 1.36. The molecule has 7 heteroatoms. The normalized spacial score (nSPS) is 10.8. The molecule has 0 saturated carbocycles. The fourth-order valence-corrected chi connectivity index (χ4v) is 2.42. The van der Waals surface area contributed by atoms with E-state index in [1.165, 1.54) is 11.8 Å². The largest absolute Gasteiger partial charge is 0.494 e. The van der Waals surface area contributed by atoms with Crippen molar-refractivity contribution in [3.05, 3.63) is 30.6 Å². The number of nitrogens with two attached hydrogens (primary N) is 1. The molecule has 3 N–H and O–H groups in total. The van der Waals surface area contributed by atoms with Gasteiger partial charge in [-0.15, -0.1) is 0 Å². The van der Waals surface area contributed by atoms with E-state index in [0.717, 1.165) is 21.9 Å². The van der Waals surface area contributed by atoms with Gasteiger partial charge in [-0.3, -0.25) is 0 Å². The van der Waals surface area contributed by atoms with Crippen LogP contribution in [0.5, 0.6) is 5.75 Å². The molecule has 0 saturated heterocycles. The lowest BCUT2D eigenvalue weighted by Crippen LogP contribution is -1.90. The number of benzene rings is 1. The second-order valence-corrected chi connectivity index (χ2v) is 5.01. The van der Waals surface area contributed by atoms with Gasteiger partial charge in [-0.25, -0.2) is 15.0 Å². The molecule has 3 rings (SSSR count). The van der Waals surface area contributed by atoms with Crippen LogP contribution in [0.2, 0.25) is 0 Å². The smallest absolute Gasteiger partial charge is 0.195 e.